The molecule has 2 rings (SSSR count). The third-order valence-electron chi connectivity index (χ3n) is 2.13. The minimum atomic E-state index is -0.0938. The molecule has 0 aliphatic rings. The lowest BCUT2D eigenvalue weighted by atomic mass is 10.3. The molecule has 0 bridgehead atoms. The summed E-state index contributed by atoms with van der Waals surface area (Å²) in [5.74, 6) is -0.0938. The van der Waals surface area contributed by atoms with E-state index in [4.69, 9.17) is 10.6 Å². The number of pyridine rings is 1. The first kappa shape index (κ1) is 9.42. The minimum absolute atomic E-state index is 0.0938. The molecule has 15 heavy (non-hydrogen) atoms. The molecule has 5 heteroatoms. The van der Waals surface area contributed by atoms with Crippen molar-refractivity contribution in [1.29, 1.82) is 5.41 Å². The van der Waals surface area contributed by atoms with E-state index in [2.05, 4.69) is 11.6 Å². The molecule has 0 aliphatic heterocycles. The molecule has 0 aromatic carbocycles. The van der Waals surface area contributed by atoms with Crippen molar-refractivity contribution in [2.45, 2.75) is 0 Å². The van der Waals surface area contributed by atoms with E-state index < -0.39 is 0 Å². The molecule has 2 aromatic heterocycles. The fraction of sp³-hybridized carbons (Fsp3) is 0. The third kappa shape index (κ3) is 1.49. The smallest absolute Gasteiger partial charge is 0.168 e. The van der Waals surface area contributed by atoms with Gasteiger partial charge in [0.1, 0.15) is 11.3 Å². The van der Waals surface area contributed by atoms with Gasteiger partial charge in [0, 0.05) is 6.20 Å². The average Bonchev–Trinajstić information content (AvgIpc) is 2.70. The van der Waals surface area contributed by atoms with Gasteiger partial charge >= 0.3 is 0 Å². The topological polar surface area (TPSA) is 73.4 Å². The predicted octanol–water partition coefficient (Wildman–Crippen LogP) is 1.28. The Morgan fingerprint density at radius 1 is 1.60 bits per heavy atom. The molecule has 0 fully saturated rings. The van der Waals surface area contributed by atoms with Gasteiger partial charge in [-0.3, -0.25) is 20.5 Å². The zero-order valence-corrected chi connectivity index (χ0v) is 7.94. The van der Waals surface area contributed by atoms with Crippen LogP contribution in [0.1, 0.15) is 11.3 Å². The van der Waals surface area contributed by atoms with Gasteiger partial charge in [-0.25, -0.2) is 4.98 Å². The van der Waals surface area contributed by atoms with Crippen LogP contribution in [0.4, 0.5) is 0 Å². The predicted molar refractivity (Wildman–Crippen MR) is 57.0 cm³/mol. The highest BCUT2D eigenvalue weighted by molar-refractivity contribution is 5.94. The second-order valence-corrected chi connectivity index (χ2v) is 3.03. The van der Waals surface area contributed by atoms with Gasteiger partial charge in [0.25, 0.3) is 0 Å². The van der Waals surface area contributed by atoms with Gasteiger partial charge in [-0.1, -0.05) is 12.7 Å². The van der Waals surface area contributed by atoms with Crippen LogP contribution in [0.25, 0.3) is 11.7 Å². The minimum Gasteiger partial charge on any atom is -0.296 e. The lowest BCUT2D eigenvalue weighted by molar-refractivity contribution is 0.234. The maximum Gasteiger partial charge on any atom is 0.168 e. The molecule has 0 saturated carbocycles. The molecular formula is C10H10N4O. The van der Waals surface area contributed by atoms with E-state index in [1.807, 2.05) is 12.1 Å². The molecule has 5 nitrogen and oxygen atoms in total. The van der Waals surface area contributed by atoms with Crippen LogP contribution < -0.4 is 5.48 Å². The van der Waals surface area contributed by atoms with Crippen LogP contribution in [0.5, 0.6) is 0 Å². The van der Waals surface area contributed by atoms with Crippen LogP contribution >= 0.6 is 0 Å². The van der Waals surface area contributed by atoms with Crippen molar-refractivity contribution in [3.8, 4) is 0 Å². The Morgan fingerprint density at radius 2 is 2.40 bits per heavy atom. The molecule has 76 valence electrons. The van der Waals surface area contributed by atoms with Crippen molar-refractivity contribution >= 4 is 17.6 Å². The van der Waals surface area contributed by atoms with Crippen LogP contribution in [0.15, 0.2) is 31.1 Å². The highest BCUT2D eigenvalue weighted by Gasteiger charge is 2.07. The highest BCUT2D eigenvalue weighted by atomic mass is 16.5. The van der Waals surface area contributed by atoms with E-state index in [9.17, 15) is 0 Å². The first-order valence-corrected chi connectivity index (χ1v) is 4.35. The fourth-order valence-electron chi connectivity index (χ4n) is 1.36. The van der Waals surface area contributed by atoms with Crippen LogP contribution in [0.3, 0.4) is 0 Å². The van der Waals surface area contributed by atoms with Crippen LogP contribution in [-0.2, 0) is 0 Å². The molecule has 0 amide bonds. The summed E-state index contributed by atoms with van der Waals surface area (Å²) < 4.78 is 1.71. The molecule has 0 spiro atoms. The second kappa shape index (κ2) is 3.55. The summed E-state index contributed by atoms with van der Waals surface area (Å²) in [6.45, 7) is 3.66. The summed E-state index contributed by atoms with van der Waals surface area (Å²) in [7, 11) is 0. The summed E-state index contributed by atoms with van der Waals surface area (Å²) in [4.78, 5) is 4.10. The van der Waals surface area contributed by atoms with E-state index in [1.54, 1.807) is 22.2 Å². The Balaban J connectivity index is 2.66. The Morgan fingerprint density at radius 3 is 3.07 bits per heavy atom. The number of nitrogens with zero attached hydrogens (tertiary/aromatic N) is 2. The molecule has 0 aliphatic carbocycles. The number of hydrogen-bond acceptors (Lipinski definition) is 3. The third-order valence-corrected chi connectivity index (χ3v) is 2.13. The lowest BCUT2D eigenvalue weighted by Crippen LogP contribution is -2.20. The van der Waals surface area contributed by atoms with Crippen molar-refractivity contribution in [3.05, 3.63) is 42.4 Å². The Labute approximate surface area is 86.2 Å². The summed E-state index contributed by atoms with van der Waals surface area (Å²) in [5.41, 5.74) is 3.93. The molecular weight excluding hydrogens is 192 g/mol. The monoisotopic (exact) mass is 202 g/mol. The Hall–Kier alpha value is -2.14. The number of hydrogen-bond donors (Lipinski definition) is 3. The van der Waals surface area contributed by atoms with Gasteiger partial charge in [-0.05, 0) is 17.7 Å². The molecule has 2 heterocycles. The fourth-order valence-corrected chi connectivity index (χ4v) is 1.36. The molecule has 0 unspecified atom stereocenters. The molecule has 0 atom stereocenters. The molecule has 0 saturated heterocycles. The summed E-state index contributed by atoms with van der Waals surface area (Å²) in [6.07, 6.45) is 5.03. The number of rotatable bonds is 2. The van der Waals surface area contributed by atoms with E-state index in [0.717, 1.165) is 11.2 Å². The van der Waals surface area contributed by atoms with Gasteiger partial charge in [0.2, 0.25) is 0 Å². The van der Waals surface area contributed by atoms with Crippen LogP contribution in [0, 0.1) is 5.41 Å². The van der Waals surface area contributed by atoms with Crippen LogP contribution in [-0.4, -0.2) is 20.4 Å². The van der Waals surface area contributed by atoms with Crippen molar-refractivity contribution in [1.82, 2.24) is 14.9 Å². The summed E-state index contributed by atoms with van der Waals surface area (Å²) >= 11 is 0. The van der Waals surface area contributed by atoms with Gasteiger partial charge in [0.15, 0.2) is 5.84 Å². The van der Waals surface area contributed by atoms with E-state index >= 15 is 0 Å². The first-order chi connectivity index (χ1) is 7.26. The number of amidine groups is 1. The van der Waals surface area contributed by atoms with Gasteiger partial charge < -0.3 is 0 Å². The standard InChI is InChI=1S/C10H10N4O/c1-2-7-3-4-9-12-5-8(10(11)13-15)14(9)6-7/h2-6,15H,1H2,(H2,11,13). The van der Waals surface area contributed by atoms with E-state index in [0.29, 0.717) is 5.69 Å². The number of nitrogens with one attached hydrogen (secondary N) is 2. The van der Waals surface area contributed by atoms with Gasteiger partial charge in [0.05, 0.1) is 6.20 Å². The SMILES string of the molecule is C=Cc1ccc2ncc(C(=N)NO)n2c1. The molecule has 2 aromatic rings. The number of aromatic nitrogens is 2. The Kier molecular flexibility index (Phi) is 2.23. The largest absolute Gasteiger partial charge is 0.296 e. The molecule has 3 N–H and O–H groups in total. The summed E-state index contributed by atoms with van der Waals surface area (Å²) in [5, 5.41) is 16.1. The van der Waals surface area contributed by atoms with Crippen molar-refractivity contribution in [2.24, 2.45) is 0 Å². The quantitative estimate of drug-likeness (QED) is 0.390. The number of fused-ring (bicyclic) bond motifs is 1. The zero-order chi connectivity index (χ0) is 10.8. The second-order valence-electron chi connectivity index (χ2n) is 3.03. The van der Waals surface area contributed by atoms with Crippen molar-refractivity contribution < 1.29 is 5.21 Å². The Bertz CT molecular complexity index is 529. The zero-order valence-electron chi connectivity index (χ0n) is 7.94. The first-order valence-electron chi connectivity index (χ1n) is 4.35. The summed E-state index contributed by atoms with van der Waals surface area (Å²) in [6, 6.07) is 3.71. The maximum atomic E-state index is 8.66. The van der Waals surface area contributed by atoms with Crippen molar-refractivity contribution in [2.75, 3.05) is 0 Å². The van der Waals surface area contributed by atoms with Gasteiger partial charge in [-0.2, -0.15) is 0 Å². The molecule has 0 radical (unpaired) electrons. The maximum absolute atomic E-state index is 8.66. The van der Waals surface area contributed by atoms with E-state index in [-0.39, 0.29) is 5.84 Å². The lowest BCUT2D eigenvalue weighted by Gasteiger charge is -2.02. The van der Waals surface area contributed by atoms with Crippen molar-refractivity contribution in [3.63, 3.8) is 0 Å². The number of imidazole rings is 1. The van der Waals surface area contributed by atoms with Crippen LogP contribution in [0.2, 0.25) is 0 Å². The highest BCUT2D eigenvalue weighted by Crippen LogP contribution is 2.09. The average molecular weight is 202 g/mol. The van der Waals surface area contributed by atoms with E-state index in [1.165, 1.54) is 6.20 Å². The normalized spacial score (nSPS) is 10.2. The van der Waals surface area contributed by atoms with Gasteiger partial charge in [-0.15, -0.1) is 0 Å². The number of hydroxylamine groups is 1.